The minimum Gasteiger partial charge on any atom is -0.449 e. The second kappa shape index (κ2) is 9.74. The Balaban J connectivity index is 1.40. The van der Waals surface area contributed by atoms with Crippen LogP contribution in [-0.4, -0.2) is 29.6 Å². The van der Waals surface area contributed by atoms with E-state index in [0.29, 0.717) is 5.69 Å². The highest BCUT2D eigenvalue weighted by molar-refractivity contribution is 5.96. The van der Waals surface area contributed by atoms with Gasteiger partial charge in [-0.15, -0.1) is 0 Å². The third-order valence-corrected chi connectivity index (χ3v) is 5.91. The van der Waals surface area contributed by atoms with Crippen LogP contribution in [0.1, 0.15) is 30.9 Å². The number of ether oxygens (including phenoxy) is 1. The molecule has 0 spiro atoms. The van der Waals surface area contributed by atoms with E-state index in [1.807, 2.05) is 50.2 Å². The smallest absolute Gasteiger partial charge is 0.407 e. The van der Waals surface area contributed by atoms with E-state index in [9.17, 15) is 19.7 Å². The Morgan fingerprint density at radius 3 is 2.03 bits per heavy atom. The molecule has 0 saturated heterocycles. The van der Waals surface area contributed by atoms with Crippen molar-refractivity contribution in [2.75, 3.05) is 11.9 Å². The molecule has 1 aliphatic rings. The third kappa shape index (κ3) is 4.76. The van der Waals surface area contributed by atoms with Crippen LogP contribution < -0.4 is 10.6 Å². The van der Waals surface area contributed by atoms with Crippen LogP contribution in [-0.2, 0) is 9.53 Å². The second-order valence-electron chi connectivity index (χ2n) is 8.48. The maximum Gasteiger partial charge on any atom is 0.407 e. The zero-order valence-corrected chi connectivity index (χ0v) is 18.9. The lowest BCUT2D eigenvalue weighted by atomic mass is 9.98. The first-order valence-corrected chi connectivity index (χ1v) is 11.0. The van der Waals surface area contributed by atoms with Crippen LogP contribution in [0.2, 0.25) is 0 Å². The van der Waals surface area contributed by atoms with Gasteiger partial charge in [-0.1, -0.05) is 62.4 Å². The van der Waals surface area contributed by atoms with Gasteiger partial charge in [-0.05, 0) is 40.3 Å². The van der Waals surface area contributed by atoms with Crippen LogP contribution in [0.5, 0.6) is 0 Å². The number of nitrogens with zero attached hydrogens (tertiary/aromatic N) is 1. The monoisotopic (exact) mass is 459 g/mol. The molecule has 0 fully saturated rings. The highest BCUT2D eigenvalue weighted by Gasteiger charge is 2.30. The summed E-state index contributed by atoms with van der Waals surface area (Å²) in [5.41, 5.74) is 4.80. The van der Waals surface area contributed by atoms with E-state index in [-0.39, 0.29) is 24.1 Å². The summed E-state index contributed by atoms with van der Waals surface area (Å²) in [4.78, 5) is 35.7. The zero-order chi connectivity index (χ0) is 24.2. The highest BCUT2D eigenvalue weighted by Crippen LogP contribution is 2.44. The molecular weight excluding hydrogens is 434 g/mol. The highest BCUT2D eigenvalue weighted by atomic mass is 16.6. The molecule has 2 N–H and O–H groups in total. The summed E-state index contributed by atoms with van der Waals surface area (Å²) in [6.07, 6.45) is -0.681. The topological polar surface area (TPSA) is 111 Å². The summed E-state index contributed by atoms with van der Waals surface area (Å²) in [7, 11) is 0. The molecule has 0 unspecified atom stereocenters. The van der Waals surface area contributed by atoms with E-state index in [4.69, 9.17) is 4.74 Å². The number of anilines is 1. The Morgan fingerprint density at radius 2 is 1.50 bits per heavy atom. The van der Waals surface area contributed by atoms with E-state index in [2.05, 4.69) is 22.8 Å². The lowest BCUT2D eigenvalue weighted by Crippen LogP contribution is -2.47. The van der Waals surface area contributed by atoms with E-state index in [1.54, 1.807) is 0 Å². The normalized spacial score (nSPS) is 13.0. The van der Waals surface area contributed by atoms with Gasteiger partial charge in [0.25, 0.3) is 5.69 Å². The third-order valence-electron chi connectivity index (χ3n) is 5.91. The molecule has 0 bridgehead atoms. The van der Waals surface area contributed by atoms with Crippen LogP contribution in [0.4, 0.5) is 16.2 Å². The predicted octanol–water partition coefficient (Wildman–Crippen LogP) is 5.10. The maximum absolute atomic E-state index is 12.8. The Bertz CT molecular complexity index is 1180. The zero-order valence-electron chi connectivity index (χ0n) is 18.9. The summed E-state index contributed by atoms with van der Waals surface area (Å²) in [6.45, 7) is 3.77. The van der Waals surface area contributed by atoms with Crippen molar-refractivity contribution in [1.29, 1.82) is 0 Å². The number of nitro benzene ring substituents is 1. The van der Waals surface area contributed by atoms with Gasteiger partial charge in [0.15, 0.2) is 0 Å². The molecular formula is C26H25N3O5. The van der Waals surface area contributed by atoms with E-state index >= 15 is 0 Å². The fraction of sp³-hybridized carbons (Fsp3) is 0.231. The first-order valence-electron chi connectivity index (χ1n) is 11.0. The molecule has 1 atom stereocenters. The second-order valence-corrected chi connectivity index (χ2v) is 8.48. The Morgan fingerprint density at radius 1 is 0.941 bits per heavy atom. The Hall–Kier alpha value is -4.20. The van der Waals surface area contributed by atoms with Crippen LogP contribution in [0, 0.1) is 16.0 Å². The Kier molecular flexibility index (Phi) is 6.58. The minimum atomic E-state index is -0.842. The number of non-ortho nitro benzene ring substituents is 1. The summed E-state index contributed by atoms with van der Waals surface area (Å²) >= 11 is 0. The number of rotatable bonds is 7. The molecule has 0 saturated carbocycles. The fourth-order valence-electron chi connectivity index (χ4n) is 4.19. The van der Waals surface area contributed by atoms with Crippen LogP contribution in [0.15, 0.2) is 72.8 Å². The van der Waals surface area contributed by atoms with Gasteiger partial charge >= 0.3 is 6.09 Å². The molecule has 0 radical (unpaired) electrons. The lowest BCUT2D eigenvalue weighted by molar-refractivity contribution is -0.384. The van der Waals surface area contributed by atoms with Crippen LogP contribution in [0.25, 0.3) is 11.1 Å². The van der Waals surface area contributed by atoms with Gasteiger partial charge in [0.1, 0.15) is 12.6 Å². The summed E-state index contributed by atoms with van der Waals surface area (Å²) in [5, 5.41) is 16.1. The average Bonchev–Trinajstić information content (AvgIpc) is 3.15. The molecule has 174 valence electrons. The molecule has 3 aromatic carbocycles. The van der Waals surface area contributed by atoms with Crippen molar-refractivity contribution >= 4 is 23.4 Å². The predicted molar refractivity (Wildman–Crippen MR) is 129 cm³/mol. The van der Waals surface area contributed by atoms with Crippen molar-refractivity contribution in [3.05, 3.63) is 94.0 Å². The van der Waals surface area contributed by atoms with Gasteiger partial charge in [-0.2, -0.15) is 0 Å². The number of nitrogens with one attached hydrogen (secondary N) is 2. The van der Waals surface area contributed by atoms with Gasteiger partial charge in [-0.3, -0.25) is 14.9 Å². The molecule has 0 aromatic heterocycles. The number of alkyl carbamates (subject to hydrolysis) is 1. The van der Waals surface area contributed by atoms with Gasteiger partial charge in [-0.25, -0.2) is 4.79 Å². The van der Waals surface area contributed by atoms with E-state index in [1.165, 1.54) is 24.3 Å². The molecule has 1 aliphatic carbocycles. The molecule has 4 rings (SSSR count). The van der Waals surface area contributed by atoms with Gasteiger partial charge < -0.3 is 15.4 Å². The summed E-state index contributed by atoms with van der Waals surface area (Å²) < 4.78 is 5.56. The molecule has 0 aliphatic heterocycles. The molecule has 8 heteroatoms. The van der Waals surface area contributed by atoms with E-state index in [0.717, 1.165) is 22.3 Å². The number of fused-ring (bicyclic) bond motifs is 3. The van der Waals surface area contributed by atoms with Crippen molar-refractivity contribution < 1.29 is 19.2 Å². The van der Waals surface area contributed by atoms with Crippen LogP contribution in [0.3, 0.4) is 0 Å². The molecule has 3 aromatic rings. The van der Waals surface area contributed by atoms with Crippen molar-refractivity contribution in [2.45, 2.75) is 25.8 Å². The Labute approximate surface area is 197 Å². The summed E-state index contributed by atoms with van der Waals surface area (Å²) in [6, 6.07) is 20.8. The molecule has 0 heterocycles. The first kappa shape index (κ1) is 23.0. The van der Waals surface area contributed by atoms with Gasteiger partial charge in [0.2, 0.25) is 5.91 Å². The van der Waals surface area contributed by atoms with Crippen LogP contribution >= 0.6 is 0 Å². The average molecular weight is 460 g/mol. The minimum absolute atomic E-state index is 0.0739. The van der Waals surface area contributed by atoms with Crippen molar-refractivity contribution in [1.82, 2.24) is 5.32 Å². The maximum atomic E-state index is 12.8. The number of hydrogen-bond donors (Lipinski definition) is 2. The number of carbonyl (C=O) groups excluding carboxylic acids is 2. The number of benzene rings is 3. The largest absolute Gasteiger partial charge is 0.449 e. The van der Waals surface area contributed by atoms with Gasteiger partial charge in [0.05, 0.1) is 4.92 Å². The molecule has 8 nitrogen and oxygen atoms in total. The van der Waals surface area contributed by atoms with Crippen molar-refractivity contribution in [3.8, 4) is 11.1 Å². The molecule has 34 heavy (non-hydrogen) atoms. The SMILES string of the molecule is CC(C)[C@H](NC(=O)OCC1c2ccccc2-c2ccccc21)C(=O)Nc1ccc([N+](=O)[O-])cc1. The number of hydrogen-bond acceptors (Lipinski definition) is 5. The fourth-order valence-corrected chi connectivity index (χ4v) is 4.19. The quantitative estimate of drug-likeness (QED) is 0.377. The van der Waals surface area contributed by atoms with Crippen molar-refractivity contribution in [2.24, 2.45) is 5.92 Å². The number of amides is 2. The van der Waals surface area contributed by atoms with Crippen molar-refractivity contribution in [3.63, 3.8) is 0 Å². The number of carbonyl (C=O) groups is 2. The molecule has 2 amide bonds. The van der Waals surface area contributed by atoms with E-state index < -0.39 is 23.0 Å². The van der Waals surface area contributed by atoms with Gasteiger partial charge in [0, 0.05) is 23.7 Å². The standard InChI is InChI=1S/C26H25N3O5/c1-16(2)24(25(30)27-17-11-13-18(14-12-17)29(32)33)28-26(31)34-15-23-21-9-5-3-7-19(21)20-8-4-6-10-22(20)23/h3-14,16,23-24H,15H2,1-2H3,(H,27,30)(H,28,31)/t24-/m0/s1. The first-order chi connectivity index (χ1) is 16.3. The number of nitro groups is 1. The summed E-state index contributed by atoms with van der Waals surface area (Å²) in [5.74, 6) is -0.722. The lowest BCUT2D eigenvalue weighted by Gasteiger charge is -2.22.